The number of nitrogens with zero attached hydrogens (tertiary/aromatic N) is 2. The molecule has 2 unspecified atom stereocenters. The van der Waals surface area contributed by atoms with Crippen molar-refractivity contribution in [2.75, 3.05) is 6.54 Å². The van der Waals surface area contributed by atoms with Crippen molar-refractivity contribution in [2.24, 2.45) is 0 Å². The summed E-state index contributed by atoms with van der Waals surface area (Å²) >= 11 is 0. The molecular weight excluding hydrogens is 244 g/mol. The summed E-state index contributed by atoms with van der Waals surface area (Å²) in [6.07, 6.45) is 2.83. The van der Waals surface area contributed by atoms with Crippen LogP contribution in [-0.2, 0) is 9.59 Å². The number of hydrogen-bond acceptors (Lipinski definition) is 3. The first-order chi connectivity index (χ1) is 8.79. The SMILES string of the molecule is CC(=O)N(C(C)C)C1(C(=O)O)CC(C)N(C2CC2)C1. The van der Waals surface area contributed by atoms with Crippen molar-refractivity contribution in [3.05, 3.63) is 0 Å². The van der Waals surface area contributed by atoms with Crippen LogP contribution in [-0.4, -0.2) is 57.0 Å². The highest BCUT2D eigenvalue weighted by atomic mass is 16.4. The smallest absolute Gasteiger partial charge is 0.331 e. The van der Waals surface area contributed by atoms with Crippen molar-refractivity contribution < 1.29 is 14.7 Å². The molecule has 2 aliphatic rings. The zero-order valence-corrected chi connectivity index (χ0v) is 12.2. The topological polar surface area (TPSA) is 60.9 Å². The molecule has 0 aromatic rings. The lowest BCUT2D eigenvalue weighted by Gasteiger charge is -2.40. The van der Waals surface area contributed by atoms with Crippen molar-refractivity contribution in [2.45, 2.75) is 70.6 Å². The zero-order valence-electron chi connectivity index (χ0n) is 12.2. The number of carboxylic acids is 1. The molecular formula is C14H24N2O3. The van der Waals surface area contributed by atoms with Gasteiger partial charge in [-0.3, -0.25) is 9.69 Å². The number of aliphatic carboxylic acids is 1. The molecule has 1 heterocycles. The van der Waals surface area contributed by atoms with Crippen LogP contribution in [0.4, 0.5) is 0 Å². The molecule has 0 radical (unpaired) electrons. The summed E-state index contributed by atoms with van der Waals surface area (Å²) in [7, 11) is 0. The molecule has 5 nitrogen and oxygen atoms in total. The van der Waals surface area contributed by atoms with E-state index in [2.05, 4.69) is 11.8 Å². The molecule has 1 saturated carbocycles. The number of hydrogen-bond donors (Lipinski definition) is 1. The molecule has 5 heteroatoms. The Kier molecular flexibility index (Phi) is 3.60. The summed E-state index contributed by atoms with van der Waals surface area (Å²) < 4.78 is 0. The molecule has 1 N–H and O–H groups in total. The maximum atomic E-state index is 11.9. The summed E-state index contributed by atoms with van der Waals surface area (Å²) in [5, 5.41) is 9.75. The Labute approximate surface area is 114 Å². The third-order valence-electron chi connectivity index (χ3n) is 4.37. The summed E-state index contributed by atoms with van der Waals surface area (Å²) in [6, 6.07) is 0.654. The fraction of sp³-hybridized carbons (Fsp3) is 0.857. The molecule has 2 fully saturated rings. The molecule has 0 bridgehead atoms. The van der Waals surface area contributed by atoms with Gasteiger partial charge in [-0.2, -0.15) is 0 Å². The molecule has 1 amide bonds. The van der Waals surface area contributed by atoms with E-state index in [9.17, 15) is 14.7 Å². The Morgan fingerprint density at radius 1 is 1.37 bits per heavy atom. The van der Waals surface area contributed by atoms with Crippen molar-refractivity contribution in [3.63, 3.8) is 0 Å². The normalized spacial score (nSPS) is 31.7. The van der Waals surface area contributed by atoms with Crippen LogP contribution in [0.5, 0.6) is 0 Å². The van der Waals surface area contributed by atoms with Crippen molar-refractivity contribution in [3.8, 4) is 0 Å². The average molecular weight is 268 g/mol. The largest absolute Gasteiger partial charge is 0.479 e. The predicted octanol–water partition coefficient (Wildman–Crippen LogP) is 1.32. The van der Waals surface area contributed by atoms with Crippen LogP contribution in [0, 0.1) is 0 Å². The van der Waals surface area contributed by atoms with Crippen LogP contribution in [0.3, 0.4) is 0 Å². The van der Waals surface area contributed by atoms with Crippen LogP contribution in [0.2, 0.25) is 0 Å². The van der Waals surface area contributed by atoms with Gasteiger partial charge in [-0.15, -0.1) is 0 Å². The van der Waals surface area contributed by atoms with Gasteiger partial charge in [0.25, 0.3) is 0 Å². The first kappa shape index (κ1) is 14.3. The molecule has 0 spiro atoms. The molecule has 1 saturated heterocycles. The van der Waals surface area contributed by atoms with Gasteiger partial charge in [-0.05, 0) is 40.0 Å². The van der Waals surface area contributed by atoms with E-state index in [0.717, 1.165) is 12.8 Å². The molecule has 0 aromatic heterocycles. The molecule has 1 aliphatic heterocycles. The van der Waals surface area contributed by atoms with E-state index >= 15 is 0 Å². The second kappa shape index (κ2) is 4.78. The Hall–Kier alpha value is -1.10. The maximum Gasteiger partial charge on any atom is 0.331 e. The standard InChI is InChI=1S/C14H24N2O3/c1-9(2)16(11(4)17)14(13(18)19)7-10(3)15(8-14)12-5-6-12/h9-10,12H,5-8H2,1-4H3,(H,18,19). The fourth-order valence-corrected chi connectivity index (χ4v) is 3.62. The van der Waals surface area contributed by atoms with Gasteiger partial charge in [0.2, 0.25) is 5.91 Å². The lowest BCUT2D eigenvalue weighted by molar-refractivity contribution is -0.160. The van der Waals surface area contributed by atoms with E-state index in [0.29, 0.717) is 19.0 Å². The quantitative estimate of drug-likeness (QED) is 0.835. The first-order valence-electron chi connectivity index (χ1n) is 7.08. The fourth-order valence-electron chi connectivity index (χ4n) is 3.62. The number of likely N-dealkylation sites (tertiary alicyclic amines) is 1. The minimum atomic E-state index is -1.05. The van der Waals surface area contributed by atoms with E-state index in [1.165, 1.54) is 6.92 Å². The summed E-state index contributed by atoms with van der Waals surface area (Å²) in [4.78, 5) is 27.6. The van der Waals surface area contributed by atoms with Crippen molar-refractivity contribution in [1.29, 1.82) is 0 Å². The highest BCUT2D eigenvalue weighted by Crippen LogP contribution is 2.40. The van der Waals surface area contributed by atoms with E-state index in [1.54, 1.807) is 4.90 Å². The van der Waals surface area contributed by atoms with Gasteiger partial charge < -0.3 is 10.0 Å². The Morgan fingerprint density at radius 2 is 1.95 bits per heavy atom. The lowest BCUT2D eigenvalue weighted by Crippen LogP contribution is -2.60. The third-order valence-corrected chi connectivity index (χ3v) is 4.37. The third kappa shape index (κ3) is 2.36. The van der Waals surface area contributed by atoms with Gasteiger partial charge >= 0.3 is 5.97 Å². The summed E-state index contributed by atoms with van der Waals surface area (Å²) in [5.74, 6) is -1.02. The Balaban J connectivity index is 2.33. The van der Waals surface area contributed by atoms with E-state index in [4.69, 9.17) is 0 Å². The number of carbonyl (C=O) groups is 2. The Morgan fingerprint density at radius 3 is 2.32 bits per heavy atom. The first-order valence-corrected chi connectivity index (χ1v) is 7.08. The minimum absolute atomic E-state index is 0.0973. The van der Waals surface area contributed by atoms with Gasteiger partial charge in [0.15, 0.2) is 5.54 Å². The van der Waals surface area contributed by atoms with Gasteiger partial charge in [-0.1, -0.05) is 0 Å². The second-order valence-electron chi connectivity index (χ2n) is 6.28. The second-order valence-corrected chi connectivity index (χ2v) is 6.28. The highest BCUT2D eigenvalue weighted by molar-refractivity contribution is 5.87. The molecule has 1 aliphatic carbocycles. The number of carboxylic acid groups (broad SMARTS) is 1. The van der Waals surface area contributed by atoms with Crippen LogP contribution in [0.1, 0.15) is 47.0 Å². The van der Waals surface area contributed by atoms with Crippen molar-refractivity contribution >= 4 is 11.9 Å². The maximum absolute atomic E-state index is 11.9. The van der Waals surface area contributed by atoms with Gasteiger partial charge in [0, 0.05) is 31.6 Å². The van der Waals surface area contributed by atoms with E-state index < -0.39 is 11.5 Å². The molecule has 0 aromatic carbocycles. The van der Waals surface area contributed by atoms with Crippen LogP contribution >= 0.6 is 0 Å². The van der Waals surface area contributed by atoms with Crippen LogP contribution < -0.4 is 0 Å². The summed E-state index contributed by atoms with van der Waals surface area (Å²) in [5.41, 5.74) is -1.05. The Bertz CT molecular complexity index is 392. The van der Waals surface area contributed by atoms with Gasteiger partial charge in [0.05, 0.1) is 0 Å². The molecule has 2 rings (SSSR count). The predicted molar refractivity (Wildman–Crippen MR) is 71.8 cm³/mol. The minimum Gasteiger partial charge on any atom is -0.479 e. The monoisotopic (exact) mass is 268 g/mol. The molecule has 108 valence electrons. The number of amides is 1. The van der Waals surface area contributed by atoms with E-state index in [-0.39, 0.29) is 18.0 Å². The van der Waals surface area contributed by atoms with Crippen LogP contribution in [0.25, 0.3) is 0 Å². The van der Waals surface area contributed by atoms with Crippen LogP contribution in [0.15, 0.2) is 0 Å². The summed E-state index contributed by atoms with van der Waals surface area (Å²) in [6.45, 7) is 7.77. The van der Waals surface area contributed by atoms with E-state index in [1.807, 2.05) is 13.8 Å². The number of carbonyl (C=O) groups excluding carboxylic acids is 1. The molecule has 19 heavy (non-hydrogen) atoms. The lowest BCUT2D eigenvalue weighted by atomic mass is 9.92. The van der Waals surface area contributed by atoms with Gasteiger partial charge in [-0.25, -0.2) is 4.79 Å². The highest BCUT2D eigenvalue weighted by Gasteiger charge is 2.56. The van der Waals surface area contributed by atoms with Gasteiger partial charge in [0.1, 0.15) is 0 Å². The average Bonchev–Trinajstić information content (AvgIpc) is 3.03. The molecule has 2 atom stereocenters. The zero-order chi connectivity index (χ0) is 14.4. The van der Waals surface area contributed by atoms with Crippen molar-refractivity contribution in [1.82, 2.24) is 9.80 Å². The number of rotatable bonds is 4.